The molecule has 0 aromatic rings. The monoisotopic (exact) mass is 484 g/mol. The highest BCUT2D eigenvalue weighted by molar-refractivity contribution is 9.11. The first-order valence-corrected chi connectivity index (χ1v) is 11.2. The second-order valence-corrected chi connectivity index (χ2v) is 9.65. The van der Waals surface area contributed by atoms with Crippen molar-refractivity contribution in [2.45, 2.75) is 31.2 Å². The largest absolute Gasteiger partial charge is 0.347 e. The van der Waals surface area contributed by atoms with Crippen LogP contribution in [0.1, 0.15) is 19.3 Å². The normalized spacial score (nSPS) is 32.7. The molecule has 0 spiro atoms. The summed E-state index contributed by atoms with van der Waals surface area (Å²) in [5.41, 5.74) is 1.21. The number of alkyl halides is 2. The van der Waals surface area contributed by atoms with Crippen LogP contribution in [0, 0.1) is 17.8 Å². The summed E-state index contributed by atoms with van der Waals surface area (Å²) >= 11 is 3.52. The van der Waals surface area contributed by atoms with E-state index in [0.717, 1.165) is 30.5 Å². The summed E-state index contributed by atoms with van der Waals surface area (Å²) in [4.78, 5) is 32.9. The van der Waals surface area contributed by atoms with Crippen molar-refractivity contribution >= 4 is 34.5 Å². The number of piperazine rings is 1. The van der Waals surface area contributed by atoms with Gasteiger partial charge in [-0.05, 0) is 36.6 Å². The zero-order valence-electron chi connectivity index (χ0n) is 16.8. The van der Waals surface area contributed by atoms with Crippen molar-refractivity contribution in [3.05, 3.63) is 22.2 Å². The molecule has 3 aliphatic carbocycles. The summed E-state index contributed by atoms with van der Waals surface area (Å²) in [6.45, 7) is 7.13. The highest BCUT2D eigenvalue weighted by Gasteiger charge is 2.65. The number of carbonyl (C=O) groups excluding carboxylic acids is 2. The molecule has 3 atom stereocenters. The summed E-state index contributed by atoms with van der Waals surface area (Å²) in [7, 11) is 0. The molecule has 6 nitrogen and oxygen atoms in total. The Labute approximate surface area is 183 Å². The van der Waals surface area contributed by atoms with Gasteiger partial charge in [-0.2, -0.15) is 0 Å². The Kier molecular flexibility index (Phi) is 6.12. The van der Waals surface area contributed by atoms with E-state index >= 15 is 0 Å². The highest BCUT2D eigenvalue weighted by Crippen LogP contribution is 2.62. The molecule has 4 aliphatic rings. The number of rotatable bonds is 6. The van der Waals surface area contributed by atoms with Gasteiger partial charge in [0.25, 0.3) is 0 Å². The van der Waals surface area contributed by atoms with Gasteiger partial charge in [0, 0.05) is 56.0 Å². The smallest absolute Gasteiger partial charge is 0.248 e. The molecule has 1 aliphatic heterocycles. The van der Waals surface area contributed by atoms with Crippen LogP contribution in [-0.2, 0) is 9.59 Å². The van der Waals surface area contributed by atoms with Crippen molar-refractivity contribution in [3.8, 4) is 0 Å². The fraction of sp³-hybridized carbons (Fsp3) is 0.667. The summed E-state index contributed by atoms with van der Waals surface area (Å²) in [6.07, 6.45) is 4.63. The minimum absolute atomic E-state index is 0.0590. The van der Waals surface area contributed by atoms with E-state index in [4.69, 9.17) is 0 Å². The maximum atomic E-state index is 13.2. The lowest BCUT2D eigenvalue weighted by Gasteiger charge is -2.36. The maximum absolute atomic E-state index is 13.2. The van der Waals surface area contributed by atoms with Gasteiger partial charge < -0.3 is 10.2 Å². The summed E-state index contributed by atoms with van der Waals surface area (Å²) in [5.74, 6) is -3.75. The number of nitrogens with one attached hydrogen (secondary N) is 1. The molecule has 4 rings (SSSR count). The molecular weight excluding hydrogens is 458 g/mol. The van der Waals surface area contributed by atoms with E-state index < -0.39 is 5.92 Å². The van der Waals surface area contributed by atoms with Crippen LogP contribution in [0.3, 0.4) is 0 Å². The van der Waals surface area contributed by atoms with Crippen molar-refractivity contribution in [3.63, 3.8) is 0 Å². The predicted octanol–water partition coefficient (Wildman–Crippen LogP) is 2.22. The van der Waals surface area contributed by atoms with Crippen LogP contribution < -0.4 is 5.32 Å². The topological polar surface area (TPSA) is 65.0 Å². The van der Waals surface area contributed by atoms with Gasteiger partial charge in [0.15, 0.2) is 0 Å². The number of fused-ring (bicyclic) bond motifs is 1. The standard InChI is InChI=1S/C21H27BrF2N4O2/c1-25-17-3-2-14(22)8-13(17)12-27-4-6-28(7-5-27)18(29)11-26-20(30)19-15-9-21(23,24)10-16(15)19/h2,8,15-17,19H,1,3-7,9-12H2,(H,26,30). The van der Waals surface area contributed by atoms with Crippen molar-refractivity contribution in [2.24, 2.45) is 22.7 Å². The van der Waals surface area contributed by atoms with Crippen LogP contribution in [0.25, 0.3) is 0 Å². The third-order valence-electron chi connectivity index (χ3n) is 6.76. The first-order chi connectivity index (χ1) is 14.3. The molecule has 1 saturated heterocycles. The predicted molar refractivity (Wildman–Crippen MR) is 114 cm³/mol. The van der Waals surface area contributed by atoms with Crippen LogP contribution in [0.5, 0.6) is 0 Å². The summed E-state index contributed by atoms with van der Waals surface area (Å²) < 4.78 is 27.6. The van der Waals surface area contributed by atoms with E-state index in [2.05, 4.69) is 50.0 Å². The summed E-state index contributed by atoms with van der Waals surface area (Å²) in [6, 6.07) is 0.100. The molecule has 1 heterocycles. The number of carbonyl (C=O) groups is 2. The third kappa shape index (κ3) is 4.66. The average molecular weight is 485 g/mol. The number of hydrogen-bond donors (Lipinski definition) is 1. The fourth-order valence-electron chi connectivity index (χ4n) is 5.02. The second kappa shape index (κ2) is 8.49. The van der Waals surface area contributed by atoms with Crippen molar-refractivity contribution in [2.75, 3.05) is 39.3 Å². The van der Waals surface area contributed by atoms with Gasteiger partial charge in [0.1, 0.15) is 0 Å². The molecule has 3 fully saturated rings. The third-order valence-corrected chi connectivity index (χ3v) is 7.31. The number of hydrogen-bond acceptors (Lipinski definition) is 4. The number of allylic oxidation sites excluding steroid dienone is 2. The van der Waals surface area contributed by atoms with Gasteiger partial charge in [-0.1, -0.05) is 22.0 Å². The van der Waals surface area contributed by atoms with Gasteiger partial charge in [0.05, 0.1) is 12.6 Å². The Morgan fingerprint density at radius 2 is 1.90 bits per heavy atom. The first-order valence-electron chi connectivity index (χ1n) is 10.4. The molecule has 1 N–H and O–H groups in total. The highest BCUT2D eigenvalue weighted by atomic mass is 79.9. The molecule has 0 bridgehead atoms. The Balaban J connectivity index is 1.18. The number of aliphatic imine (C=N–C) groups is 1. The molecule has 30 heavy (non-hydrogen) atoms. The Bertz CT molecular complexity index is 778. The van der Waals surface area contributed by atoms with Crippen molar-refractivity contribution in [1.29, 1.82) is 0 Å². The van der Waals surface area contributed by atoms with Crippen molar-refractivity contribution in [1.82, 2.24) is 15.1 Å². The minimum atomic E-state index is -2.62. The lowest BCUT2D eigenvalue weighted by molar-refractivity contribution is -0.134. The lowest BCUT2D eigenvalue weighted by Crippen LogP contribution is -2.51. The van der Waals surface area contributed by atoms with Crippen LogP contribution in [-0.4, -0.2) is 79.6 Å². The molecule has 0 aromatic carbocycles. The van der Waals surface area contributed by atoms with Crippen LogP contribution in [0.4, 0.5) is 8.78 Å². The average Bonchev–Trinajstić information content (AvgIpc) is 3.24. The molecular formula is C21H27BrF2N4O2. The Morgan fingerprint density at radius 3 is 2.53 bits per heavy atom. The van der Waals surface area contributed by atoms with Crippen LogP contribution in [0.2, 0.25) is 0 Å². The molecule has 2 amide bonds. The van der Waals surface area contributed by atoms with Gasteiger partial charge in [-0.15, -0.1) is 0 Å². The molecule has 0 aromatic heterocycles. The van der Waals surface area contributed by atoms with Crippen LogP contribution >= 0.6 is 15.9 Å². The summed E-state index contributed by atoms with van der Waals surface area (Å²) in [5, 5.41) is 2.66. The van der Waals surface area contributed by atoms with Gasteiger partial charge in [-0.25, -0.2) is 8.78 Å². The molecule has 2 saturated carbocycles. The van der Waals surface area contributed by atoms with E-state index in [-0.39, 0.29) is 55.0 Å². The Hall–Kier alpha value is -1.61. The molecule has 3 unspecified atom stereocenters. The quantitative estimate of drug-likeness (QED) is 0.587. The lowest BCUT2D eigenvalue weighted by atomic mass is 9.98. The van der Waals surface area contributed by atoms with E-state index in [9.17, 15) is 18.4 Å². The zero-order chi connectivity index (χ0) is 21.5. The number of nitrogens with zero attached hydrogens (tertiary/aromatic N) is 3. The minimum Gasteiger partial charge on any atom is -0.347 e. The zero-order valence-corrected chi connectivity index (χ0v) is 18.4. The number of halogens is 3. The SMILES string of the molecule is C=NC1CC=C(Br)C=C1CN1CCN(C(=O)CNC(=O)C2C3CC(F)(F)CC32)CC1. The maximum Gasteiger partial charge on any atom is 0.248 e. The van der Waals surface area contributed by atoms with Gasteiger partial charge >= 0.3 is 0 Å². The van der Waals surface area contributed by atoms with E-state index in [1.54, 1.807) is 4.90 Å². The second-order valence-electron chi connectivity index (χ2n) is 8.73. The fourth-order valence-corrected chi connectivity index (χ4v) is 5.50. The van der Waals surface area contributed by atoms with Gasteiger partial charge in [-0.3, -0.25) is 19.5 Å². The first kappa shape index (κ1) is 21.6. The van der Waals surface area contributed by atoms with E-state index in [1.807, 2.05) is 0 Å². The number of amides is 2. The molecule has 0 radical (unpaired) electrons. The van der Waals surface area contributed by atoms with Crippen molar-refractivity contribution < 1.29 is 18.4 Å². The molecule has 164 valence electrons. The van der Waals surface area contributed by atoms with E-state index in [1.165, 1.54) is 5.57 Å². The van der Waals surface area contributed by atoms with E-state index in [0.29, 0.717) is 13.1 Å². The Morgan fingerprint density at radius 1 is 1.23 bits per heavy atom. The van der Waals surface area contributed by atoms with Gasteiger partial charge in [0.2, 0.25) is 17.7 Å². The molecule has 9 heteroatoms. The van der Waals surface area contributed by atoms with Crippen LogP contribution in [0.15, 0.2) is 27.2 Å².